The predicted molar refractivity (Wildman–Crippen MR) is 108 cm³/mol. The Kier molecular flexibility index (Phi) is 6.34. The number of ether oxygens (including phenoxy) is 1. The molecule has 9 nitrogen and oxygen atoms in total. The van der Waals surface area contributed by atoms with Gasteiger partial charge in [-0.05, 0) is 50.3 Å². The van der Waals surface area contributed by atoms with Gasteiger partial charge in [0.05, 0.1) is 18.2 Å². The highest BCUT2D eigenvalue weighted by Gasteiger charge is 2.24. The molecule has 10 heteroatoms. The Morgan fingerprint density at radius 1 is 1.20 bits per heavy atom. The van der Waals surface area contributed by atoms with E-state index in [4.69, 9.17) is 15.6 Å². The summed E-state index contributed by atoms with van der Waals surface area (Å²) < 4.78 is 19.2. The highest BCUT2D eigenvalue weighted by molar-refractivity contribution is 6.13. The Morgan fingerprint density at radius 3 is 2.47 bits per heavy atom. The monoisotopic (exact) mass is 417 g/mol. The zero-order valence-corrected chi connectivity index (χ0v) is 16.7. The number of rotatable bonds is 6. The summed E-state index contributed by atoms with van der Waals surface area (Å²) >= 11 is 0. The van der Waals surface area contributed by atoms with Crippen molar-refractivity contribution < 1.29 is 23.8 Å². The number of methoxy groups -OCH3 is 1. The van der Waals surface area contributed by atoms with Crippen molar-refractivity contribution in [2.24, 2.45) is 0 Å². The van der Waals surface area contributed by atoms with Gasteiger partial charge < -0.3 is 26.2 Å². The van der Waals surface area contributed by atoms with Crippen molar-refractivity contribution >= 4 is 23.6 Å². The van der Waals surface area contributed by atoms with Gasteiger partial charge in [-0.2, -0.15) is 4.98 Å². The lowest BCUT2D eigenvalue weighted by Gasteiger charge is -2.28. The fourth-order valence-electron chi connectivity index (χ4n) is 3.53. The second-order valence-corrected chi connectivity index (χ2v) is 7.27. The molecule has 5 N–H and O–H groups in total. The van der Waals surface area contributed by atoms with Crippen LogP contribution in [0.25, 0.3) is 0 Å². The summed E-state index contributed by atoms with van der Waals surface area (Å²) in [4.78, 5) is 31.9. The quantitative estimate of drug-likeness (QED) is 0.526. The summed E-state index contributed by atoms with van der Waals surface area (Å²) in [6, 6.07) is 2.58. The zero-order chi connectivity index (χ0) is 21.8. The van der Waals surface area contributed by atoms with Crippen LogP contribution in [0, 0.1) is 12.7 Å². The fourth-order valence-corrected chi connectivity index (χ4v) is 3.53. The molecule has 1 saturated carbocycles. The van der Waals surface area contributed by atoms with E-state index in [2.05, 4.69) is 20.6 Å². The van der Waals surface area contributed by atoms with E-state index in [9.17, 15) is 14.0 Å². The molecule has 1 aromatic carbocycles. The van der Waals surface area contributed by atoms with Gasteiger partial charge in [0, 0.05) is 18.3 Å². The molecule has 0 unspecified atom stereocenters. The Balaban J connectivity index is 1.71. The topological polar surface area (TPSA) is 139 Å². The van der Waals surface area contributed by atoms with Gasteiger partial charge in [-0.15, -0.1) is 0 Å². The third-order valence-corrected chi connectivity index (χ3v) is 5.18. The van der Waals surface area contributed by atoms with Gasteiger partial charge in [-0.3, -0.25) is 4.79 Å². The largest absolute Gasteiger partial charge is 0.496 e. The van der Waals surface area contributed by atoms with Gasteiger partial charge in [0.25, 0.3) is 0 Å². The molecule has 1 heterocycles. The van der Waals surface area contributed by atoms with Crippen molar-refractivity contribution in [2.45, 2.75) is 44.7 Å². The number of nitrogens with zero attached hydrogens (tertiary/aromatic N) is 2. The van der Waals surface area contributed by atoms with Crippen LogP contribution in [0.3, 0.4) is 0 Å². The first-order chi connectivity index (χ1) is 14.3. The number of hydrogen-bond acceptors (Lipinski definition) is 7. The minimum Gasteiger partial charge on any atom is -0.496 e. The number of carbonyl (C=O) groups is 2. The van der Waals surface area contributed by atoms with Crippen molar-refractivity contribution in [2.75, 3.05) is 18.2 Å². The molecule has 0 atom stereocenters. The average Bonchev–Trinajstić information content (AvgIpc) is 2.70. The number of ketones is 1. The van der Waals surface area contributed by atoms with E-state index in [0.717, 1.165) is 18.9 Å². The van der Waals surface area contributed by atoms with E-state index in [1.165, 1.54) is 19.4 Å². The lowest BCUT2D eigenvalue weighted by Crippen LogP contribution is -2.39. The Morgan fingerprint density at radius 2 is 1.87 bits per heavy atom. The van der Waals surface area contributed by atoms with Crippen LogP contribution in [0.2, 0.25) is 0 Å². The van der Waals surface area contributed by atoms with Crippen LogP contribution in [0.15, 0.2) is 18.3 Å². The molecule has 3 rings (SSSR count). The third kappa shape index (κ3) is 4.76. The molecule has 1 fully saturated rings. The highest BCUT2D eigenvalue weighted by Crippen LogP contribution is 2.27. The molecule has 30 heavy (non-hydrogen) atoms. The van der Waals surface area contributed by atoms with Crippen molar-refractivity contribution in [1.29, 1.82) is 0 Å². The van der Waals surface area contributed by atoms with Crippen LogP contribution in [0.1, 0.15) is 47.2 Å². The van der Waals surface area contributed by atoms with E-state index in [-0.39, 0.29) is 40.7 Å². The fraction of sp³-hybridized carbons (Fsp3) is 0.400. The van der Waals surface area contributed by atoms with Crippen molar-refractivity contribution in [3.05, 3.63) is 40.8 Å². The van der Waals surface area contributed by atoms with E-state index < -0.39 is 17.7 Å². The predicted octanol–water partition coefficient (Wildman–Crippen LogP) is 2.74. The van der Waals surface area contributed by atoms with Crippen molar-refractivity contribution in [3.63, 3.8) is 0 Å². The molecule has 1 aliphatic carbocycles. The average molecular weight is 417 g/mol. The Labute approximate surface area is 172 Å². The van der Waals surface area contributed by atoms with Gasteiger partial charge in [-0.25, -0.2) is 14.2 Å². The summed E-state index contributed by atoms with van der Waals surface area (Å²) in [5.74, 6) is -0.560. The number of nitrogens with two attached hydrogens (primary N) is 1. The summed E-state index contributed by atoms with van der Waals surface area (Å²) in [6.45, 7) is 1.58. The molecule has 0 saturated heterocycles. The van der Waals surface area contributed by atoms with Crippen molar-refractivity contribution in [1.82, 2.24) is 15.3 Å². The molecular weight excluding hydrogens is 393 g/mol. The van der Waals surface area contributed by atoms with Crippen molar-refractivity contribution in [3.8, 4) is 5.75 Å². The number of nitrogen functional groups attached to an aromatic ring is 1. The maximum Gasteiger partial charge on any atom is 0.404 e. The molecule has 160 valence electrons. The van der Waals surface area contributed by atoms with E-state index >= 15 is 0 Å². The molecule has 1 aromatic heterocycles. The molecule has 0 bridgehead atoms. The van der Waals surface area contributed by atoms with Crippen LogP contribution in [0.5, 0.6) is 5.75 Å². The lowest BCUT2D eigenvalue weighted by molar-refractivity contribution is 0.103. The van der Waals surface area contributed by atoms with Crippen LogP contribution in [-0.4, -0.2) is 46.1 Å². The Hall–Kier alpha value is -3.43. The van der Waals surface area contributed by atoms with E-state index in [1.807, 2.05) is 0 Å². The summed E-state index contributed by atoms with van der Waals surface area (Å²) in [5.41, 5.74) is 6.44. The van der Waals surface area contributed by atoms with Gasteiger partial charge in [-0.1, -0.05) is 0 Å². The summed E-state index contributed by atoms with van der Waals surface area (Å²) in [6.07, 6.45) is 3.18. The molecular formula is C20H24FN5O4. The van der Waals surface area contributed by atoms with Gasteiger partial charge in [0.15, 0.2) is 0 Å². The van der Waals surface area contributed by atoms with Crippen LogP contribution in [0.4, 0.5) is 21.0 Å². The minimum absolute atomic E-state index is 0.0261. The number of halogens is 1. The first-order valence-electron chi connectivity index (χ1n) is 9.55. The molecule has 0 spiro atoms. The Bertz CT molecular complexity index is 960. The number of amides is 1. The number of aryl methyl sites for hydroxylation is 1. The standard InChI is InChI=1S/C20H24FN5O4/c1-10-7-16(30-2)13(8-15(10)21)17(27)14-9-23-19(26-18(14)22)24-11-3-5-12(6-4-11)25-20(28)29/h7-9,11-12,25H,3-6H2,1-2H3,(H,28,29)(H3,22,23,24,26). The molecule has 0 radical (unpaired) electrons. The number of anilines is 2. The molecule has 1 amide bonds. The number of nitrogens with one attached hydrogen (secondary N) is 2. The SMILES string of the molecule is COc1cc(C)c(F)cc1C(=O)c1cnc(NC2CCC(NC(=O)O)CC2)nc1N. The zero-order valence-electron chi connectivity index (χ0n) is 16.7. The minimum atomic E-state index is -1.02. The number of hydrogen-bond donors (Lipinski definition) is 4. The first-order valence-corrected chi connectivity index (χ1v) is 9.55. The van der Waals surface area contributed by atoms with Gasteiger partial charge >= 0.3 is 6.09 Å². The van der Waals surface area contributed by atoms with Crippen LogP contribution in [-0.2, 0) is 0 Å². The second-order valence-electron chi connectivity index (χ2n) is 7.27. The van der Waals surface area contributed by atoms with Gasteiger partial charge in [0.2, 0.25) is 11.7 Å². The van der Waals surface area contributed by atoms with Crippen LogP contribution < -0.4 is 21.1 Å². The normalized spacial score (nSPS) is 18.5. The third-order valence-electron chi connectivity index (χ3n) is 5.18. The summed E-state index contributed by atoms with van der Waals surface area (Å²) in [5, 5.41) is 14.5. The lowest BCUT2D eigenvalue weighted by atomic mass is 9.91. The first kappa shape index (κ1) is 21.3. The van der Waals surface area contributed by atoms with E-state index in [0.29, 0.717) is 18.4 Å². The molecule has 2 aromatic rings. The van der Waals surface area contributed by atoms with Crippen LogP contribution >= 0.6 is 0 Å². The van der Waals surface area contributed by atoms with Gasteiger partial charge in [0.1, 0.15) is 17.4 Å². The summed E-state index contributed by atoms with van der Waals surface area (Å²) in [7, 11) is 1.40. The highest BCUT2D eigenvalue weighted by atomic mass is 19.1. The molecule has 0 aliphatic heterocycles. The maximum atomic E-state index is 14.0. The number of aromatic nitrogens is 2. The molecule has 1 aliphatic rings. The smallest absolute Gasteiger partial charge is 0.404 e. The maximum absolute atomic E-state index is 14.0. The number of carboxylic acid groups (broad SMARTS) is 1. The number of carbonyl (C=O) groups excluding carboxylic acids is 1. The second kappa shape index (κ2) is 8.93. The number of benzene rings is 1. The van der Waals surface area contributed by atoms with E-state index in [1.54, 1.807) is 6.92 Å².